The van der Waals surface area contributed by atoms with Crippen LogP contribution in [0.2, 0.25) is 0 Å². The minimum absolute atomic E-state index is 0. The largest absolute Gasteiger partial charge is 0.315 e. The molecule has 62 valence electrons. The van der Waals surface area contributed by atoms with Crippen molar-refractivity contribution in [1.82, 2.24) is 10.6 Å². The van der Waals surface area contributed by atoms with Gasteiger partial charge in [-0.2, -0.15) is 0 Å². The van der Waals surface area contributed by atoms with Crippen LogP contribution in [-0.2, 0) is 0 Å². The first-order chi connectivity index (χ1) is 3.95. The van der Waals surface area contributed by atoms with Gasteiger partial charge in [-0.1, -0.05) is 0 Å². The first kappa shape index (κ1) is 10.5. The van der Waals surface area contributed by atoms with E-state index in [1.807, 2.05) is 0 Å². The van der Waals surface area contributed by atoms with Crippen molar-refractivity contribution in [3.63, 3.8) is 0 Å². The number of hydrogen-bond donors (Lipinski definition) is 2. The van der Waals surface area contributed by atoms with Gasteiger partial charge < -0.3 is 10.6 Å². The topological polar surface area (TPSA) is 24.1 Å². The molecule has 0 saturated carbocycles. The molecular formula is C6H14Cl2N2. The summed E-state index contributed by atoms with van der Waals surface area (Å²) in [5, 5.41) is 6.84. The average molecular weight is 185 g/mol. The van der Waals surface area contributed by atoms with Crippen molar-refractivity contribution < 1.29 is 0 Å². The molecule has 2 nitrogen and oxygen atoms in total. The van der Waals surface area contributed by atoms with Crippen LogP contribution in [0.3, 0.4) is 0 Å². The monoisotopic (exact) mass is 184 g/mol. The SMILES string of the molecule is C1NCC2CC1CN2.Cl.Cl. The zero-order valence-electron chi connectivity index (χ0n) is 5.80. The molecule has 4 heteroatoms. The summed E-state index contributed by atoms with van der Waals surface area (Å²) < 4.78 is 0. The predicted molar refractivity (Wildman–Crippen MR) is 47.3 cm³/mol. The number of fused-ring (bicyclic) bond motifs is 2. The first-order valence-electron chi connectivity index (χ1n) is 3.39. The molecule has 0 aromatic carbocycles. The van der Waals surface area contributed by atoms with Crippen LogP contribution < -0.4 is 10.6 Å². The van der Waals surface area contributed by atoms with Crippen molar-refractivity contribution in [3.05, 3.63) is 0 Å². The normalized spacial score (nSPS) is 36.0. The molecule has 2 atom stereocenters. The number of halogens is 2. The molecule has 2 fully saturated rings. The Morgan fingerprint density at radius 1 is 1.00 bits per heavy atom. The molecule has 2 heterocycles. The Morgan fingerprint density at radius 2 is 1.80 bits per heavy atom. The van der Waals surface area contributed by atoms with Crippen LogP contribution in [0.5, 0.6) is 0 Å². The average Bonchev–Trinajstić information content (AvgIpc) is 2.12. The Labute approximate surface area is 74.0 Å². The van der Waals surface area contributed by atoms with Crippen LogP contribution in [0, 0.1) is 5.92 Å². The minimum atomic E-state index is 0. The fourth-order valence-corrected chi connectivity index (χ4v) is 1.68. The van der Waals surface area contributed by atoms with Gasteiger partial charge in [-0.25, -0.2) is 0 Å². The third kappa shape index (κ3) is 1.99. The number of rotatable bonds is 0. The van der Waals surface area contributed by atoms with Crippen LogP contribution >= 0.6 is 24.8 Å². The van der Waals surface area contributed by atoms with Crippen molar-refractivity contribution in [2.45, 2.75) is 12.5 Å². The van der Waals surface area contributed by atoms with Gasteiger partial charge >= 0.3 is 0 Å². The van der Waals surface area contributed by atoms with Gasteiger partial charge in [0.2, 0.25) is 0 Å². The van der Waals surface area contributed by atoms with E-state index in [0.29, 0.717) is 0 Å². The van der Waals surface area contributed by atoms with E-state index in [0.717, 1.165) is 12.0 Å². The highest BCUT2D eigenvalue weighted by Gasteiger charge is 2.26. The van der Waals surface area contributed by atoms with E-state index < -0.39 is 0 Å². The van der Waals surface area contributed by atoms with Gasteiger partial charge in [0.1, 0.15) is 0 Å². The van der Waals surface area contributed by atoms with E-state index in [1.54, 1.807) is 0 Å². The Bertz CT molecular complexity index is 85.7. The summed E-state index contributed by atoms with van der Waals surface area (Å²) in [7, 11) is 0. The van der Waals surface area contributed by atoms with E-state index in [9.17, 15) is 0 Å². The minimum Gasteiger partial charge on any atom is -0.315 e. The molecular weight excluding hydrogens is 171 g/mol. The summed E-state index contributed by atoms with van der Waals surface area (Å²) in [5.74, 6) is 0.939. The Morgan fingerprint density at radius 3 is 2.40 bits per heavy atom. The molecule has 0 aliphatic carbocycles. The summed E-state index contributed by atoms with van der Waals surface area (Å²) in [5.41, 5.74) is 0. The van der Waals surface area contributed by atoms with Crippen LogP contribution in [-0.4, -0.2) is 25.7 Å². The van der Waals surface area contributed by atoms with E-state index in [2.05, 4.69) is 10.6 Å². The summed E-state index contributed by atoms with van der Waals surface area (Å²) >= 11 is 0. The van der Waals surface area contributed by atoms with Crippen molar-refractivity contribution >= 4 is 24.8 Å². The molecule has 2 unspecified atom stereocenters. The van der Waals surface area contributed by atoms with Gasteiger partial charge in [-0.15, -0.1) is 24.8 Å². The van der Waals surface area contributed by atoms with Crippen molar-refractivity contribution in [1.29, 1.82) is 0 Å². The quantitative estimate of drug-likeness (QED) is 0.571. The Hall–Kier alpha value is 0.500. The smallest absolute Gasteiger partial charge is 0.0196 e. The van der Waals surface area contributed by atoms with E-state index in [-0.39, 0.29) is 24.8 Å². The maximum Gasteiger partial charge on any atom is 0.0196 e. The highest BCUT2D eigenvalue weighted by Crippen LogP contribution is 2.15. The molecule has 0 amide bonds. The standard InChI is InChI=1S/C6H12N2.2ClH/c1-5-2-7-4-6(1)8-3-5;;/h5-8H,1-4H2;2*1H. The molecule has 2 rings (SSSR count). The molecule has 10 heavy (non-hydrogen) atoms. The van der Waals surface area contributed by atoms with E-state index in [1.165, 1.54) is 26.1 Å². The van der Waals surface area contributed by atoms with E-state index >= 15 is 0 Å². The van der Waals surface area contributed by atoms with Gasteiger partial charge in [0, 0.05) is 12.6 Å². The van der Waals surface area contributed by atoms with Gasteiger partial charge in [0.15, 0.2) is 0 Å². The third-order valence-corrected chi connectivity index (χ3v) is 2.14. The molecule has 0 aromatic rings. The summed E-state index contributed by atoms with van der Waals surface area (Å²) in [6.07, 6.45) is 1.41. The van der Waals surface area contributed by atoms with Crippen LogP contribution in [0.15, 0.2) is 0 Å². The lowest BCUT2D eigenvalue weighted by Gasteiger charge is -2.17. The molecule has 2 aliphatic rings. The molecule has 0 spiro atoms. The lowest BCUT2D eigenvalue weighted by Crippen LogP contribution is -2.36. The molecule has 0 aromatic heterocycles. The summed E-state index contributed by atoms with van der Waals surface area (Å²) in [6.45, 7) is 3.68. The zero-order valence-corrected chi connectivity index (χ0v) is 7.43. The van der Waals surface area contributed by atoms with Crippen LogP contribution in [0.1, 0.15) is 6.42 Å². The highest BCUT2D eigenvalue weighted by atomic mass is 35.5. The van der Waals surface area contributed by atoms with Crippen LogP contribution in [0.25, 0.3) is 0 Å². The molecule has 0 radical (unpaired) electrons. The highest BCUT2D eigenvalue weighted by molar-refractivity contribution is 5.85. The third-order valence-electron chi connectivity index (χ3n) is 2.14. The summed E-state index contributed by atoms with van der Waals surface area (Å²) in [4.78, 5) is 0. The second-order valence-corrected chi connectivity index (χ2v) is 2.87. The second kappa shape index (κ2) is 4.39. The van der Waals surface area contributed by atoms with Crippen molar-refractivity contribution in [2.75, 3.05) is 19.6 Å². The van der Waals surface area contributed by atoms with Crippen molar-refractivity contribution in [2.24, 2.45) is 5.92 Å². The van der Waals surface area contributed by atoms with Gasteiger partial charge in [-0.05, 0) is 25.4 Å². The fraction of sp³-hybridized carbons (Fsp3) is 1.00. The van der Waals surface area contributed by atoms with Crippen LogP contribution in [0.4, 0.5) is 0 Å². The van der Waals surface area contributed by atoms with Gasteiger partial charge in [-0.3, -0.25) is 0 Å². The number of hydrogen-bond acceptors (Lipinski definition) is 2. The molecule has 2 aliphatic heterocycles. The lowest BCUT2D eigenvalue weighted by molar-refractivity contribution is 0.429. The summed E-state index contributed by atoms with van der Waals surface area (Å²) in [6, 6.07) is 0.800. The van der Waals surface area contributed by atoms with E-state index in [4.69, 9.17) is 0 Å². The van der Waals surface area contributed by atoms with Gasteiger partial charge in [0.25, 0.3) is 0 Å². The second-order valence-electron chi connectivity index (χ2n) is 2.87. The fourth-order valence-electron chi connectivity index (χ4n) is 1.68. The molecule has 2 saturated heterocycles. The maximum atomic E-state index is 3.46. The molecule has 2 N–H and O–H groups in total. The Balaban J connectivity index is 0.000000405. The Kier molecular flexibility index (Phi) is 4.61. The number of piperidine rings is 1. The van der Waals surface area contributed by atoms with Crippen molar-refractivity contribution in [3.8, 4) is 0 Å². The first-order valence-corrected chi connectivity index (χ1v) is 3.39. The lowest BCUT2D eigenvalue weighted by atomic mass is 10.0. The predicted octanol–water partition coefficient (Wildman–Crippen LogP) is 0.411. The maximum absolute atomic E-state index is 3.46. The zero-order chi connectivity index (χ0) is 5.40. The number of nitrogens with one attached hydrogen (secondary N) is 2. The van der Waals surface area contributed by atoms with Gasteiger partial charge in [0.05, 0.1) is 0 Å². The molecule has 2 bridgehead atoms.